The molecule has 2 aliphatic heterocycles. The van der Waals surface area contributed by atoms with Gasteiger partial charge >= 0.3 is 12.3 Å². The molecule has 3 aromatic heterocycles. The first kappa shape index (κ1) is 27.0. The lowest BCUT2D eigenvalue weighted by atomic mass is 10.0. The molecular formula is C27H25F3N6O4S. The molecule has 6 rings (SSSR count). The van der Waals surface area contributed by atoms with Crippen LogP contribution >= 0.6 is 11.3 Å². The molecule has 5 heterocycles. The molecule has 0 aliphatic carbocycles. The predicted molar refractivity (Wildman–Crippen MR) is 143 cm³/mol. The van der Waals surface area contributed by atoms with Gasteiger partial charge in [0.05, 0.1) is 23.0 Å². The van der Waals surface area contributed by atoms with Gasteiger partial charge in [0.2, 0.25) is 0 Å². The number of imidazole rings is 1. The normalized spacial score (nSPS) is 19.7. The van der Waals surface area contributed by atoms with E-state index in [1.807, 2.05) is 6.07 Å². The Morgan fingerprint density at radius 2 is 1.98 bits per heavy atom. The van der Waals surface area contributed by atoms with E-state index in [2.05, 4.69) is 14.9 Å². The number of nitrogens with two attached hydrogens (primary N) is 1. The van der Waals surface area contributed by atoms with Gasteiger partial charge in [-0.05, 0) is 25.5 Å². The van der Waals surface area contributed by atoms with Crippen LogP contribution in [-0.4, -0.2) is 66.6 Å². The van der Waals surface area contributed by atoms with E-state index in [0.717, 1.165) is 29.5 Å². The molecular weight excluding hydrogens is 561 g/mol. The summed E-state index contributed by atoms with van der Waals surface area (Å²) in [5.41, 5.74) is 6.83. The number of primary amides is 1. The Kier molecular flexibility index (Phi) is 6.61. The minimum Gasteiger partial charge on any atom is -0.484 e. The maximum Gasteiger partial charge on any atom is 0.416 e. The molecule has 1 aromatic carbocycles. The molecule has 10 nitrogen and oxygen atoms in total. The number of rotatable bonds is 7. The largest absolute Gasteiger partial charge is 0.484 e. The molecule has 14 heteroatoms. The Labute approximate surface area is 235 Å². The van der Waals surface area contributed by atoms with Gasteiger partial charge in [-0.15, -0.1) is 11.3 Å². The van der Waals surface area contributed by atoms with E-state index in [0.29, 0.717) is 35.7 Å². The first-order chi connectivity index (χ1) is 19.5. The second-order valence-corrected chi connectivity index (χ2v) is 11.2. The average Bonchev–Trinajstić information content (AvgIpc) is 3.70. The first-order valence-electron chi connectivity index (χ1n) is 12.8. The van der Waals surface area contributed by atoms with Crippen LogP contribution in [0.5, 0.6) is 5.75 Å². The van der Waals surface area contributed by atoms with Gasteiger partial charge in [-0.3, -0.25) is 19.2 Å². The van der Waals surface area contributed by atoms with Crippen molar-refractivity contribution >= 4 is 34.4 Å². The summed E-state index contributed by atoms with van der Waals surface area (Å²) in [6, 6.07) is 8.71. The summed E-state index contributed by atoms with van der Waals surface area (Å²) in [6.45, 7) is 3.13. The molecule has 4 aromatic rings. The van der Waals surface area contributed by atoms with E-state index < -0.39 is 29.8 Å². The van der Waals surface area contributed by atoms with Crippen molar-refractivity contribution in [1.82, 2.24) is 24.3 Å². The fourth-order valence-corrected chi connectivity index (χ4v) is 6.63. The number of carbonyl (C=O) groups excluding carboxylic acids is 1. The Bertz CT molecular complexity index is 1650. The average molecular weight is 587 g/mol. The van der Waals surface area contributed by atoms with E-state index in [1.54, 1.807) is 23.2 Å². The third kappa shape index (κ3) is 4.97. The topological polar surface area (TPSA) is 127 Å². The lowest BCUT2D eigenvalue weighted by molar-refractivity contribution is -0.139. The summed E-state index contributed by atoms with van der Waals surface area (Å²) in [6.07, 6.45) is -2.46. The number of hydrogen-bond donors (Lipinski definition) is 2. The zero-order valence-electron chi connectivity index (χ0n) is 21.7. The van der Waals surface area contributed by atoms with Gasteiger partial charge in [0.25, 0.3) is 5.91 Å². The predicted octanol–water partition coefficient (Wildman–Crippen LogP) is 4.68. The summed E-state index contributed by atoms with van der Waals surface area (Å²) in [4.78, 5) is 36.4. The maximum atomic E-state index is 13.6. The molecule has 0 radical (unpaired) electrons. The van der Waals surface area contributed by atoms with E-state index in [4.69, 9.17) is 10.5 Å². The van der Waals surface area contributed by atoms with E-state index in [9.17, 15) is 27.9 Å². The van der Waals surface area contributed by atoms with Crippen LogP contribution in [0.25, 0.3) is 16.0 Å². The van der Waals surface area contributed by atoms with E-state index in [-0.39, 0.29) is 28.3 Å². The highest BCUT2D eigenvalue weighted by atomic mass is 32.1. The SMILES string of the molecule is C[C@@H](Oc1cc(-n2cnc3cnc(CN4C[C@@H]5C[C@H]4CN5C(=O)O)cc32)sc1C(N)=O)c1ccccc1C(F)(F)F. The Balaban J connectivity index is 1.27. The van der Waals surface area contributed by atoms with Crippen LogP contribution < -0.4 is 10.5 Å². The monoisotopic (exact) mass is 586 g/mol. The first-order valence-corrected chi connectivity index (χ1v) is 13.6. The number of alkyl halides is 3. The molecule has 2 amide bonds. The van der Waals surface area contributed by atoms with Crippen LogP contribution in [0, 0.1) is 0 Å². The molecule has 2 fully saturated rings. The van der Waals surface area contributed by atoms with Crippen molar-refractivity contribution in [3.05, 3.63) is 70.6 Å². The number of benzene rings is 1. The number of hydrogen-bond acceptors (Lipinski definition) is 7. The summed E-state index contributed by atoms with van der Waals surface area (Å²) in [5.74, 6) is -0.687. The molecule has 3 atom stereocenters. The third-order valence-corrected chi connectivity index (χ3v) is 8.74. The zero-order chi connectivity index (χ0) is 29.1. The number of thiophene rings is 1. The van der Waals surface area contributed by atoms with E-state index in [1.165, 1.54) is 30.0 Å². The van der Waals surface area contributed by atoms with Gasteiger partial charge in [-0.25, -0.2) is 9.78 Å². The van der Waals surface area contributed by atoms with Gasteiger partial charge < -0.3 is 20.5 Å². The summed E-state index contributed by atoms with van der Waals surface area (Å²) >= 11 is 1.05. The van der Waals surface area contributed by atoms with Gasteiger partial charge in [0.1, 0.15) is 33.6 Å². The van der Waals surface area contributed by atoms with Crippen molar-refractivity contribution in [3.63, 3.8) is 0 Å². The Hall–Kier alpha value is -4.17. The lowest BCUT2D eigenvalue weighted by Crippen LogP contribution is -2.47. The molecule has 41 heavy (non-hydrogen) atoms. The standard InChI is InChI=1S/C27H25F3N6O4S/c1-14(18-4-2-3-5-19(18)27(28,29)30)40-22-8-23(41-24(22)25(31)37)36-13-33-20-9-32-15(6-21(20)36)10-34-11-17-7-16(34)12-35(17)26(38)39/h2-6,8-9,13-14,16-17H,7,10-12H2,1H3,(H2,31,37)(H,38,39)/t14-,16+,17+/m1/s1. The number of carbonyl (C=O) groups is 2. The van der Waals surface area contributed by atoms with Gasteiger partial charge in [0.15, 0.2) is 0 Å². The summed E-state index contributed by atoms with van der Waals surface area (Å²) in [5, 5.41) is 9.90. The fourth-order valence-electron chi connectivity index (χ4n) is 5.70. The number of nitrogens with zero attached hydrogens (tertiary/aromatic N) is 5. The van der Waals surface area contributed by atoms with Crippen molar-refractivity contribution in [1.29, 1.82) is 0 Å². The molecule has 3 N–H and O–H groups in total. The number of likely N-dealkylation sites (tertiary alicyclic amines) is 2. The van der Waals surface area contributed by atoms with Gasteiger partial charge in [0, 0.05) is 43.3 Å². The minimum absolute atomic E-state index is 0.0194. The molecule has 0 unspecified atom stereocenters. The highest BCUT2D eigenvalue weighted by Crippen LogP contribution is 2.39. The molecule has 2 bridgehead atoms. The smallest absolute Gasteiger partial charge is 0.416 e. The molecule has 214 valence electrons. The van der Waals surface area contributed by atoms with Crippen molar-refractivity contribution < 1.29 is 32.6 Å². The number of amides is 2. The van der Waals surface area contributed by atoms with Crippen molar-refractivity contribution in [2.24, 2.45) is 5.73 Å². The van der Waals surface area contributed by atoms with Crippen LogP contribution in [0.1, 0.15) is 45.9 Å². The van der Waals surface area contributed by atoms with Crippen molar-refractivity contribution in [2.45, 2.75) is 44.3 Å². The quantitative estimate of drug-likeness (QED) is 0.322. The van der Waals surface area contributed by atoms with Crippen molar-refractivity contribution in [3.8, 4) is 10.8 Å². The van der Waals surface area contributed by atoms with Crippen LogP contribution in [0.2, 0.25) is 0 Å². The minimum atomic E-state index is -4.56. The zero-order valence-corrected chi connectivity index (χ0v) is 22.5. The Morgan fingerprint density at radius 1 is 1.20 bits per heavy atom. The summed E-state index contributed by atoms with van der Waals surface area (Å²) < 4.78 is 48.4. The molecule has 0 saturated carbocycles. The number of fused-ring (bicyclic) bond motifs is 3. The second-order valence-electron chi connectivity index (χ2n) is 10.2. The third-order valence-electron chi connectivity index (χ3n) is 7.61. The molecule has 2 aliphatic rings. The molecule has 0 spiro atoms. The number of ether oxygens (including phenoxy) is 1. The van der Waals surface area contributed by atoms with Crippen LogP contribution in [0.3, 0.4) is 0 Å². The lowest BCUT2D eigenvalue weighted by Gasteiger charge is -2.32. The van der Waals surface area contributed by atoms with Gasteiger partial charge in [-0.1, -0.05) is 18.2 Å². The highest BCUT2D eigenvalue weighted by Gasteiger charge is 2.45. The number of piperazine rings is 1. The van der Waals surface area contributed by atoms with Crippen LogP contribution in [0.4, 0.5) is 18.0 Å². The maximum absolute atomic E-state index is 13.6. The highest BCUT2D eigenvalue weighted by molar-refractivity contribution is 7.16. The van der Waals surface area contributed by atoms with Crippen LogP contribution in [0.15, 0.2) is 48.9 Å². The fraction of sp³-hybridized carbons (Fsp3) is 0.333. The number of pyridine rings is 1. The van der Waals surface area contributed by atoms with Gasteiger partial charge in [-0.2, -0.15) is 13.2 Å². The summed E-state index contributed by atoms with van der Waals surface area (Å²) in [7, 11) is 0. The van der Waals surface area contributed by atoms with Crippen molar-refractivity contribution in [2.75, 3.05) is 13.1 Å². The second kappa shape index (κ2) is 10.0. The number of carboxylic acid groups (broad SMARTS) is 1. The van der Waals surface area contributed by atoms with Crippen LogP contribution in [-0.2, 0) is 12.7 Å². The number of aromatic nitrogens is 3. The Morgan fingerprint density at radius 3 is 2.66 bits per heavy atom. The molecule has 2 saturated heterocycles. The van der Waals surface area contributed by atoms with E-state index >= 15 is 0 Å². The number of halogens is 3.